The van der Waals surface area contributed by atoms with E-state index in [0.717, 1.165) is 42.6 Å². The molecule has 25 heavy (non-hydrogen) atoms. The molecule has 1 aromatic heterocycles. The SMILES string of the molecule is Cc1cccc(-c2n[nH]c(=S)n2CCC(=O)NC2(C#N)CCCC2)c1. The Balaban J connectivity index is 1.72. The number of aromatic amines is 1. The molecular formula is C18H21N5OS. The predicted molar refractivity (Wildman–Crippen MR) is 97.2 cm³/mol. The third-order valence-electron chi connectivity index (χ3n) is 4.65. The number of aromatic nitrogens is 3. The van der Waals surface area contributed by atoms with Crippen molar-refractivity contribution in [1.29, 1.82) is 5.26 Å². The van der Waals surface area contributed by atoms with Crippen molar-refractivity contribution in [3.8, 4) is 17.5 Å². The Morgan fingerprint density at radius 2 is 2.24 bits per heavy atom. The van der Waals surface area contributed by atoms with Crippen LogP contribution in [0, 0.1) is 23.0 Å². The van der Waals surface area contributed by atoms with Gasteiger partial charge < -0.3 is 5.32 Å². The molecule has 1 fully saturated rings. The molecule has 1 aromatic carbocycles. The van der Waals surface area contributed by atoms with Gasteiger partial charge in [0.05, 0.1) is 6.07 Å². The van der Waals surface area contributed by atoms with Crippen LogP contribution in [-0.2, 0) is 11.3 Å². The van der Waals surface area contributed by atoms with Gasteiger partial charge in [-0.3, -0.25) is 14.5 Å². The highest BCUT2D eigenvalue weighted by Crippen LogP contribution is 2.29. The summed E-state index contributed by atoms with van der Waals surface area (Å²) < 4.78 is 2.32. The zero-order valence-electron chi connectivity index (χ0n) is 14.2. The van der Waals surface area contributed by atoms with Crippen molar-refractivity contribution in [2.45, 2.75) is 51.1 Å². The monoisotopic (exact) mass is 355 g/mol. The molecule has 0 unspecified atom stereocenters. The first-order valence-corrected chi connectivity index (χ1v) is 8.88. The molecule has 2 aromatic rings. The maximum absolute atomic E-state index is 12.3. The number of hydrogen-bond donors (Lipinski definition) is 2. The number of aryl methyl sites for hydroxylation is 1. The number of rotatable bonds is 5. The standard InChI is InChI=1S/C18H21N5OS/c1-13-5-4-6-14(11-13)16-21-22-17(25)23(16)10-7-15(24)20-18(12-19)8-2-3-9-18/h4-6,11H,2-3,7-10H2,1H3,(H,20,24)(H,22,25). The van der Waals surface area contributed by atoms with E-state index in [4.69, 9.17) is 12.2 Å². The minimum Gasteiger partial charge on any atom is -0.338 e. The summed E-state index contributed by atoms with van der Waals surface area (Å²) in [5.74, 6) is 0.596. The molecule has 0 radical (unpaired) electrons. The van der Waals surface area contributed by atoms with Crippen LogP contribution in [0.5, 0.6) is 0 Å². The predicted octanol–water partition coefficient (Wildman–Crippen LogP) is 3.26. The van der Waals surface area contributed by atoms with Crippen molar-refractivity contribution in [2.75, 3.05) is 0 Å². The Kier molecular flexibility index (Phi) is 5.00. The molecule has 3 rings (SSSR count). The Morgan fingerprint density at radius 3 is 2.92 bits per heavy atom. The summed E-state index contributed by atoms with van der Waals surface area (Å²) in [6.07, 6.45) is 3.69. The first-order chi connectivity index (χ1) is 12.0. The van der Waals surface area contributed by atoms with Gasteiger partial charge in [-0.25, -0.2) is 0 Å². The van der Waals surface area contributed by atoms with Gasteiger partial charge in [-0.1, -0.05) is 23.8 Å². The fourth-order valence-electron chi connectivity index (χ4n) is 3.32. The van der Waals surface area contributed by atoms with Crippen LogP contribution in [0.25, 0.3) is 11.4 Å². The molecule has 6 nitrogen and oxygen atoms in total. The van der Waals surface area contributed by atoms with Gasteiger partial charge in [-0.05, 0) is 50.9 Å². The molecule has 0 saturated heterocycles. The van der Waals surface area contributed by atoms with Crippen molar-refractivity contribution in [1.82, 2.24) is 20.1 Å². The van der Waals surface area contributed by atoms with Crippen LogP contribution in [0.2, 0.25) is 0 Å². The van der Waals surface area contributed by atoms with E-state index >= 15 is 0 Å². The van der Waals surface area contributed by atoms with Crippen LogP contribution in [0.4, 0.5) is 0 Å². The van der Waals surface area contributed by atoms with Crippen LogP contribution in [0.1, 0.15) is 37.7 Å². The maximum Gasteiger partial charge on any atom is 0.223 e. The maximum atomic E-state index is 12.3. The third-order valence-corrected chi connectivity index (χ3v) is 4.96. The average Bonchev–Trinajstić information content (AvgIpc) is 3.20. The van der Waals surface area contributed by atoms with E-state index in [1.165, 1.54) is 0 Å². The lowest BCUT2D eigenvalue weighted by Crippen LogP contribution is -2.45. The van der Waals surface area contributed by atoms with Crippen LogP contribution in [-0.4, -0.2) is 26.2 Å². The number of benzene rings is 1. The van der Waals surface area contributed by atoms with E-state index < -0.39 is 5.54 Å². The van der Waals surface area contributed by atoms with E-state index in [1.54, 1.807) is 0 Å². The molecule has 1 saturated carbocycles. The highest BCUT2D eigenvalue weighted by Gasteiger charge is 2.35. The summed E-state index contributed by atoms with van der Waals surface area (Å²) in [5.41, 5.74) is 1.40. The van der Waals surface area contributed by atoms with Gasteiger partial charge in [0, 0.05) is 18.5 Å². The smallest absolute Gasteiger partial charge is 0.223 e. The van der Waals surface area contributed by atoms with E-state index in [0.29, 0.717) is 11.3 Å². The van der Waals surface area contributed by atoms with E-state index in [1.807, 2.05) is 35.8 Å². The average molecular weight is 355 g/mol. The van der Waals surface area contributed by atoms with Crippen molar-refractivity contribution in [2.24, 2.45) is 0 Å². The first-order valence-electron chi connectivity index (χ1n) is 8.47. The molecule has 1 aliphatic carbocycles. The van der Waals surface area contributed by atoms with Gasteiger partial charge in [0.2, 0.25) is 5.91 Å². The number of carbonyl (C=O) groups is 1. The number of hydrogen-bond acceptors (Lipinski definition) is 4. The van der Waals surface area contributed by atoms with Crippen LogP contribution in [0.3, 0.4) is 0 Å². The van der Waals surface area contributed by atoms with Gasteiger partial charge in [0.15, 0.2) is 10.6 Å². The Morgan fingerprint density at radius 1 is 1.48 bits per heavy atom. The molecule has 1 aliphatic rings. The molecule has 0 aliphatic heterocycles. The first kappa shape index (κ1) is 17.4. The van der Waals surface area contributed by atoms with E-state index in [-0.39, 0.29) is 12.3 Å². The number of nitrogens with zero attached hydrogens (tertiary/aromatic N) is 3. The molecule has 1 heterocycles. The normalized spacial score (nSPS) is 15.7. The van der Waals surface area contributed by atoms with E-state index in [2.05, 4.69) is 21.6 Å². The topological polar surface area (TPSA) is 86.5 Å². The van der Waals surface area contributed by atoms with Crippen LogP contribution < -0.4 is 5.32 Å². The number of amides is 1. The van der Waals surface area contributed by atoms with E-state index in [9.17, 15) is 10.1 Å². The van der Waals surface area contributed by atoms with Crippen LogP contribution >= 0.6 is 12.2 Å². The second-order valence-corrected chi connectivity index (χ2v) is 6.96. The fraction of sp³-hybridized carbons (Fsp3) is 0.444. The van der Waals surface area contributed by atoms with Crippen molar-refractivity contribution < 1.29 is 4.79 Å². The summed E-state index contributed by atoms with van der Waals surface area (Å²) in [5, 5.41) is 19.4. The molecule has 2 N–H and O–H groups in total. The Bertz CT molecular complexity index is 870. The van der Waals surface area contributed by atoms with Crippen LogP contribution in [0.15, 0.2) is 24.3 Å². The second kappa shape index (κ2) is 7.19. The number of H-pyrrole nitrogens is 1. The molecule has 1 amide bonds. The van der Waals surface area contributed by atoms with Gasteiger partial charge in [0.25, 0.3) is 0 Å². The minimum atomic E-state index is -0.686. The molecular weight excluding hydrogens is 334 g/mol. The summed E-state index contributed by atoms with van der Waals surface area (Å²) >= 11 is 5.31. The molecule has 7 heteroatoms. The van der Waals surface area contributed by atoms with Gasteiger partial charge in [0.1, 0.15) is 5.54 Å². The third kappa shape index (κ3) is 3.80. The second-order valence-electron chi connectivity index (χ2n) is 6.57. The molecule has 0 spiro atoms. The number of nitrogens with one attached hydrogen (secondary N) is 2. The highest BCUT2D eigenvalue weighted by atomic mass is 32.1. The zero-order chi connectivity index (χ0) is 17.9. The van der Waals surface area contributed by atoms with Crippen molar-refractivity contribution >= 4 is 18.1 Å². The van der Waals surface area contributed by atoms with Gasteiger partial charge >= 0.3 is 0 Å². The van der Waals surface area contributed by atoms with Gasteiger partial charge in [-0.15, -0.1) is 0 Å². The molecule has 0 atom stereocenters. The molecule has 0 bridgehead atoms. The summed E-state index contributed by atoms with van der Waals surface area (Å²) in [4.78, 5) is 12.3. The quantitative estimate of drug-likeness (QED) is 0.806. The number of carbonyl (C=O) groups excluding carboxylic acids is 1. The lowest BCUT2D eigenvalue weighted by atomic mass is 10.00. The highest BCUT2D eigenvalue weighted by molar-refractivity contribution is 7.71. The van der Waals surface area contributed by atoms with Gasteiger partial charge in [-0.2, -0.15) is 10.4 Å². The van der Waals surface area contributed by atoms with Crippen molar-refractivity contribution in [3.63, 3.8) is 0 Å². The lowest BCUT2D eigenvalue weighted by molar-refractivity contribution is -0.122. The Hall–Kier alpha value is -2.46. The largest absolute Gasteiger partial charge is 0.338 e. The number of nitriles is 1. The summed E-state index contributed by atoms with van der Waals surface area (Å²) in [6.45, 7) is 2.44. The zero-order valence-corrected chi connectivity index (χ0v) is 15.0. The molecule has 130 valence electrons. The summed E-state index contributed by atoms with van der Waals surface area (Å²) in [6, 6.07) is 10.3. The summed E-state index contributed by atoms with van der Waals surface area (Å²) in [7, 11) is 0. The fourth-order valence-corrected chi connectivity index (χ4v) is 3.54. The minimum absolute atomic E-state index is 0.123. The Labute approximate surface area is 151 Å². The van der Waals surface area contributed by atoms with Crippen molar-refractivity contribution in [3.05, 3.63) is 34.6 Å². The lowest BCUT2D eigenvalue weighted by Gasteiger charge is -2.22.